The van der Waals surface area contributed by atoms with Crippen LogP contribution in [0.1, 0.15) is 6.92 Å². The number of urea groups is 1. The molecule has 15 heavy (non-hydrogen) atoms. The summed E-state index contributed by atoms with van der Waals surface area (Å²) in [7, 11) is 0. The second-order valence-electron chi connectivity index (χ2n) is 2.89. The fourth-order valence-electron chi connectivity index (χ4n) is 1.17. The molecule has 5 nitrogen and oxygen atoms in total. The summed E-state index contributed by atoms with van der Waals surface area (Å²) in [6.45, 7) is 2.30. The van der Waals surface area contributed by atoms with Crippen LogP contribution in [0.15, 0.2) is 30.3 Å². The third-order valence-corrected chi connectivity index (χ3v) is 1.79. The van der Waals surface area contributed by atoms with E-state index in [0.717, 1.165) is 4.90 Å². The van der Waals surface area contributed by atoms with Crippen LogP contribution in [0.25, 0.3) is 0 Å². The second kappa shape index (κ2) is 4.99. The van der Waals surface area contributed by atoms with Gasteiger partial charge in [0.25, 0.3) is 0 Å². The van der Waals surface area contributed by atoms with Gasteiger partial charge in [0.15, 0.2) is 0 Å². The third kappa shape index (κ3) is 2.70. The lowest BCUT2D eigenvalue weighted by Gasteiger charge is -2.20. The zero-order valence-corrected chi connectivity index (χ0v) is 8.53. The number of amides is 2. The van der Waals surface area contributed by atoms with Crippen LogP contribution < -0.4 is 16.0 Å². The molecule has 0 saturated carbocycles. The first-order valence-electron chi connectivity index (χ1n) is 4.63. The molecule has 2 amide bonds. The van der Waals surface area contributed by atoms with Gasteiger partial charge in [0.05, 0.1) is 5.69 Å². The van der Waals surface area contributed by atoms with Crippen molar-refractivity contribution in [1.82, 2.24) is 5.32 Å². The maximum Gasteiger partial charge on any atom is 0.328 e. The third-order valence-electron chi connectivity index (χ3n) is 1.79. The van der Waals surface area contributed by atoms with Crippen LogP contribution in [0.4, 0.5) is 10.5 Å². The fraction of sp³-hybridized carbons (Fsp3) is 0.200. The Hall–Kier alpha value is -2.04. The number of benzene rings is 1. The number of carbonyl (C=O) groups is 1. The highest BCUT2D eigenvalue weighted by Gasteiger charge is 2.16. The summed E-state index contributed by atoms with van der Waals surface area (Å²) in [5.41, 5.74) is 5.93. The van der Waals surface area contributed by atoms with E-state index in [1.807, 2.05) is 6.07 Å². The summed E-state index contributed by atoms with van der Waals surface area (Å²) in [5, 5.41) is 9.93. The lowest BCUT2D eigenvalue weighted by Crippen LogP contribution is -2.47. The molecule has 0 aliphatic heterocycles. The van der Waals surface area contributed by atoms with Crippen LogP contribution in [0.5, 0.6) is 0 Å². The van der Waals surface area contributed by atoms with Crippen molar-refractivity contribution in [2.75, 3.05) is 11.4 Å². The molecule has 5 heteroatoms. The maximum absolute atomic E-state index is 11.6. The zero-order valence-electron chi connectivity index (χ0n) is 8.53. The topological polar surface area (TPSA) is 82.2 Å². The lowest BCUT2D eigenvalue weighted by molar-refractivity contribution is 0.249. The normalized spacial score (nSPS) is 9.40. The number of nitrogens with zero attached hydrogens (tertiary/aromatic N) is 1. The van der Waals surface area contributed by atoms with Crippen LogP contribution in [-0.2, 0) is 0 Å². The summed E-state index contributed by atoms with van der Waals surface area (Å²) in [6, 6.07) is 8.44. The molecule has 1 aromatic rings. The smallest absolute Gasteiger partial charge is 0.328 e. The number of nitrogens with one attached hydrogen (secondary N) is 2. The number of guanidine groups is 1. The Kier molecular flexibility index (Phi) is 3.68. The van der Waals surface area contributed by atoms with Gasteiger partial charge in [-0.3, -0.25) is 5.41 Å². The maximum atomic E-state index is 11.6. The summed E-state index contributed by atoms with van der Waals surface area (Å²) in [4.78, 5) is 12.7. The number of hydrogen-bond acceptors (Lipinski definition) is 2. The molecule has 0 aliphatic rings. The van der Waals surface area contributed by atoms with Gasteiger partial charge in [-0.15, -0.1) is 0 Å². The highest BCUT2D eigenvalue weighted by Crippen LogP contribution is 2.12. The highest BCUT2D eigenvalue weighted by atomic mass is 16.2. The minimum atomic E-state index is -0.392. The van der Waals surface area contributed by atoms with Crippen LogP contribution >= 0.6 is 0 Å². The average Bonchev–Trinajstić information content (AvgIpc) is 2.19. The Labute approximate surface area is 88.4 Å². The van der Waals surface area contributed by atoms with E-state index < -0.39 is 6.03 Å². The molecule has 0 bridgehead atoms. The quantitative estimate of drug-likeness (QED) is 0.500. The zero-order chi connectivity index (χ0) is 11.3. The van der Waals surface area contributed by atoms with E-state index in [-0.39, 0.29) is 5.96 Å². The van der Waals surface area contributed by atoms with Gasteiger partial charge in [-0.25, -0.2) is 9.69 Å². The highest BCUT2D eigenvalue weighted by molar-refractivity contribution is 6.13. The van der Waals surface area contributed by atoms with Crippen LogP contribution in [0.3, 0.4) is 0 Å². The first-order valence-corrected chi connectivity index (χ1v) is 4.63. The number of hydrogen-bond donors (Lipinski definition) is 3. The molecule has 1 aromatic carbocycles. The molecule has 0 heterocycles. The Balaban J connectivity index is 2.94. The molecule has 0 unspecified atom stereocenters. The molecule has 4 N–H and O–H groups in total. The van der Waals surface area contributed by atoms with E-state index in [9.17, 15) is 4.79 Å². The van der Waals surface area contributed by atoms with Crippen molar-refractivity contribution in [3.63, 3.8) is 0 Å². The minimum Gasteiger partial charge on any atom is -0.369 e. The van der Waals surface area contributed by atoms with Crippen molar-refractivity contribution in [1.29, 1.82) is 5.41 Å². The number of para-hydroxylation sites is 1. The van der Waals surface area contributed by atoms with E-state index >= 15 is 0 Å². The number of rotatable bonds is 2. The van der Waals surface area contributed by atoms with Gasteiger partial charge in [0.2, 0.25) is 5.96 Å². The average molecular weight is 206 g/mol. The van der Waals surface area contributed by atoms with Crippen molar-refractivity contribution < 1.29 is 4.79 Å². The molecule has 0 saturated heterocycles. The van der Waals surface area contributed by atoms with Gasteiger partial charge in [-0.2, -0.15) is 0 Å². The number of nitrogens with two attached hydrogens (primary N) is 1. The van der Waals surface area contributed by atoms with E-state index in [1.54, 1.807) is 31.2 Å². The molecule has 0 atom stereocenters. The minimum absolute atomic E-state index is 0.299. The fourth-order valence-corrected chi connectivity index (χ4v) is 1.17. The molecule has 0 spiro atoms. The van der Waals surface area contributed by atoms with Crippen molar-refractivity contribution >= 4 is 17.7 Å². The van der Waals surface area contributed by atoms with Crippen molar-refractivity contribution in [2.45, 2.75) is 6.92 Å². The second-order valence-corrected chi connectivity index (χ2v) is 2.89. The molecule has 0 fully saturated rings. The predicted molar refractivity (Wildman–Crippen MR) is 59.9 cm³/mol. The van der Waals surface area contributed by atoms with E-state index in [1.165, 1.54) is 0 Å². The Morgan fingerprint density at radius 2 is 2.07 bits per heavy atom. The van der Waals surface area contributed by atoms with Crippen molar-refractivity contribution in [3.8, 4) is 0 Å². The first kappa shape index (κ1) is 11.0. The van der Waals surface area contributed by atoms with Gasteiger partial charge >= 0.3 is 6.03 Å². The Morgan fingerprint density at radius 3 is 2.53 bits per heavy atom. The van der Waals surface area contributed by atoms with Crippen molar-refractivity contribution in [2.24, 2.45) is 5.73 Å². The molecule has 0 radical (unpaired) electrons. The molecule has 0 aromatic heterocycles. The van der Waals surface area contributed by atoms with E-state index in [0.29, 0.717) is 12.2 Å². The van der Waals surface area contributed by atoms with Crippen LogP contribution in [0, 0.1) is 5.41 Å². The van der Waals surface area contributed by atoms with Crippen LogP contribution in [0.2, 0.25) is 0 Å². The van der Waals surface area contributed by atoms with E-state index in [4.69, 9.17) is 11.1 Å². The van der Waals surface area contributed by atoms with Gasteiger partial charge in [-0.1, -0.05) is 18.2 Å². The Bertz CT molecular complexity index is 350. The van der Waals surface area contributed by atoms with Crippen LogP contribution in [-0.4, -0.2) is 18.5 Å². The summed E-state index contributed by atoms with van der Waals surface area (Å²) in [5.74, 6) is -0.299. The lowest BCUT2D eigenvalue weighted by atomic mass is 10.3. The molecule has 80 valence electrons. The van der Waals surface area contributed by atoms with Gasteiger partial charge in [0, 0.05) is 6.54 Å². The van der Waals surface area contributed by atoms with Gasteiger partial charge in [-0.05, 0) is 19.1 Å². The van der Waals surface area contributed by atoms with Crippen molar-refractivity contribution in [3.05, 3.63) is 30.3 Å². The summed E-state index contributed by atoms with van der Waals surface area (Å²) >= 11 is 0. The molecular formula is C10H14N4O. The number of anilines is 1. The standard InChI is InChI=1S/C10H14N4O/c1-2-13-10(15)14(9(11)12)8-6-4-3-5-7-8/h3-7H,2H2,1H3,(H3,11,12)(H,13,15). The summed E-state index contributed by atoms with van der Waals surface area (Å²) < 4.78 is 0. The molecule has 1 rings (SSSR count). The van der Waals surface area contributed by atoms with Gasteiger partial charge < -0.3 is 11.1 Å². The molecular weight excluding hydrogens is 192 g/mol. The monoisotopic (exact) mass is 206 g/mol. The first-order chi connectivity index (χ1) is 7.16. The van der Waals surface area contributed by atoms with Gasteiger partial charge in [0.1, 0.15) is 0 Å². The van der Waals surface area contributed by atoms with E-state index in [2.05, 4.69) is 5.32 Å². The largest absolute Gasteiger partial charge is 0.369 e. The summed E-state index contributed by atoms with van der Waals surface area (Å²) in [6.07, 6.45) is 0. The SMILES string of the molecule is CCNC(=O)N(C(=N)N)c1ccccc1. The molecule has 0 aliphatic carbocycles. The Morgan fingerprint density at radius 1 is 1.47 bits per heavy atom. The number of carbonyl (C=O) groups excluding carboxylic acids is 1. The predicted octanol–water partition coefficient (Wildman–Crippen LogP) is 1.12.